The average molecular weight is 330 g/mol. The van der Waals surface area contributed by atoms with Crippen molar-refractivity contribution in [1.29, 1.82) is 5.26 Å². The lowest BCUT2D eigenvalue weighted by atomic mass is 10.2. The minimum Gasteiger partial charge on any atom is -0.484 e. The van der Waals surface area contributed by atoms with Crippen LogP contribution < -0.4 is 10.1 Å². The van der Waals surface area contributed by atoms with Crippen LogP contribution in [0.25, 0.3) is 0 Å². The number of nitrogens with zero attached hydrogens (tertiary/aromatic N) is 1. The zero-order valence-electron chi connectivity index (χ0n) is 12.3. The molecule has 1 amide bonds. The summed E-state index contributed by atoms with van der Waals surface area (Å²) < 4.78 is 28.6. The van der Waals surface area contributed by atoms with Gasteiger partial charge in [0.1, 0.15) is 5.75 Å². The molecule has 23 heavy (non-hydrogen) atoms. The van der Waals surface area contributed by atoms with Crippen molar-refractivity contribution in [2.75, 3.05) is 18.2 Å². The number of amides is 1. The van der Waals surface area contributed by atoms with Gasteiger partial charge in [0.05, 0.1) is 22.2 Å². The van der Waals surface area contributed by atoms with Gasteiger partial charge in [0.15, 0.2) is 16.4 Å². The zero-order chi connectivity index (χ0) is 16.9. The van der Waals surface area contributed by atoms with Crippen molar-refractivity contribution in [2.24, 2.45) is 0 Å². The molecule has 1 N–H and O–H groups in total. The van der Waals surface area contributed by atoms with Gasteiger partial charge in [0.2, 0.25) is 0 Å². The predicted octanol–water partition coefficient (Wildman–Crippen LogP) is 1.98. The number of ether oxygens (including phenoxy) is 1. The average Bonchev–Trinajstić information content (AvgIpc) is 2.53. The van der Waals surface area contributed by atoms with Crippen molar-refractivity contribution in [1.82, 2.24) is 0 Å². The highest BCUT2D eigenvalue weighted by Crippen LogP contribution is 2.20. The molecule has 0 spiro atoms. The Hall–Kier alpha value is -2.85. The van der Waals surface area contributed by atoms with Gasteiger partial charge in [-0.15, -0.1) is 0 Å². The standard InChI is InChI=1S/C16H14N2O4S/c1-23(20,21)15-5-3-2-4-14(15)18-16(19)11-22-13-8-6-12(10-17)7-9-13/h2-9H,11H2,1H3,(H,18,19). The number of benzene rings is 2. The van der Waals surface area contributed by atoms with E-state index >= 15 is 0 Å². The van der Waals surface area contributed by atoms with E-state index in [0.29, 0.717) is 11.3 Å². The third-order valence-corrected chi connectivity index (χ3v) is 4.07. The van der Waals surface area contributed by atoms with E-state index in [4.69, 9.17) is 10.00 Å². The highest BCUT2D eigenvalue weighted by molar-refractivity contribution is 7.90. The topological polar surface area (TPSA) is 96.3 Å². The second kappa shape index (κ2) is 6.94. The van der Waals surface area contributed by atoms with Crippen LogP contribution >= 0.6 is 0 Å². The van der Waals surface area contributed by atoms with Crippen LogP contribution in [0.15, 0.2) is 53.4 Å². The second-order valence-corrected chi connectivity index (χ2v) is 6.73. The summed E-state index contributed by atoms with van der Waals surface area (Å²) in [5.74, 6) is -0.0407. The Morgan fingerprint density at radius 3 is 2.43 bits per heavy atom. The normalized spacial score (nSPS) is 10.6. The minimum atomic E-state index is -3.44. The fraction of sp³-hybridized carbons (Fsp3) is 0.125. The number of carbonyl (C=O) groups excluding carboxylic acids is 1. The summed E-state index contributed by atoms with van der Waals surface area (Å²) in [4.78, 5) is 12.0. The van der Waals surface area contributed by atoms with Gasteiger partial charge < -0.3 is 10.1 Å². The lowest BCUT2D eigenvalue weighted by Crippen LogP contribution is -2.21. The molecule has 2 aromatic carbocycles. The summed E-state index contributed by atoms with van der Waals surface area (Å²) in [6, 6.07) is 14.4. The first kappa shape index (κ1) is 16.5. The van der Waals surface area contributed by atoms with Gasteiger partial charge in [-0.2, -0.15) is 5.26 Å². The summed E-state index contributed by atoms with van der Waals surface area (Å²) in [5.41, 5.74) is 0.701. The van der Waals surface area contributed by atoms with Crippen molar-refractivity contribution >= 4 is 21.4 Å². The minimum absolute atomic E-state index is 0.0479. The second-order valence-electron chi connectivity index (χ2n) is 4.74. The molecule has 7 heteroatoms. The first-order valence-corrected chi connectivity index (χ1v) is 8.51. The predicted molar refractivity (Wildman–Crippen MR) is 84.8 cm³/mol. The summed E-state index contributed by atoms with van der Waals surface area (Å²) in [6.07, 6.45) is 1.07. The Morgan fingerprint density at radius 2 is 1.83 bits per heavy atom. The molecule has 0 saturated carbocycles. The van der Waals surface area contributed by atoms with E-state index in [-0.39, 0.29) is 17.2 Å². The quantitative estimate of drug-likeness (QED) is 0.904. The Labute approximate surface area is 134 Å². The molecule has 0 unspecified atom stereocenters. The molecule has 0 aliphatic heterocycles. The number of rotatable bonds is 5. The first-order valence-electron chi connectivity index (χ1n) is 6.62. The van der Waals surface area contributed by atoms with E-state index in [1.807, 2.05) is 6.07 Å². The van der Waals surface area contributed by atoms with E-state index in [9.17, 15) is 13.2 Å². The molecule has 0 heterocycles. The Bertz CT molecular complexity index is 852. The largest absolute Gasteiger partial charge is 0.484 e. The number of hydrogen-bond acceptors (Lipinski definition) is 5. The molecular weight excluding hydrogens is 316 g/mol. The number of nitrogens with one attached hydrogen (secondary N) is 1. The van der Waals surface area contributed by atoms with Gasteiger partial charge in [-0.3, -0.25) is 4.79 Å². The Balaban J connectivity index is 2.02. The van der Waals surface area contributed by atoms with Crippen LogP contribution in [0.1, 0.15) is 5.56 Å². The van der Waals surface area contributed by atoms with Crippen molar-refractivity contribution in [3.8, 4) is 11.8 Å². The smallest absolute Gasteiger partial charge is 0.262 e. The summed E-state index contributed by atoms with van der Waals surface area (Å²) >= 11 is 0. The number of para-hydroxylation sites is 1. The monoisotopic (exact) mass is 330 g/mol. The third-order valence-electron chi connectivity index (χ3n) is 2.91. The number of sulfone groups is 1. The first-order chi connectivity index (χ1) is 10.9. The Morgan fingerprint density at radius 1 is 1.17 bits per heavy atom. The molecule has 0 aliphatic rings. The van der Waals surface area contributed by atoms with Crippen molar-refractivity contribution in [3.05, 3.63) is 54.1 Å². The van der Waals surface area contributed by atoms with Crippen molar-refractivity contribution in [3.63, 3.8) is 0 Å². The fourth-order valence-electron chi connectivity index (χ4n) is 1.85. The maximum absolute atomic E-state index is 11.9. The summed E-state index contributed by atoms with van der Waals surface area (Å²) in [6.45, 7) is -0.274. The number of hydrogen-bond donors (Lipinski definition) is 1. The molecule has 0 aromatic heterocycles. The highest BCUT2D eigenvalue weighted by Gasteiger charge is 2.14. The van der Waals surface area contributed by atoms with E-state index in [1.165, 1.54) is 12.1 Å². The SMILES string of the molecule is CS(=O)(=O)c1ccccc1NC(=O)COc1ccc(C#N)cc1. The van der Waals surface area contributed by atoms with Gasteiger partial charge in [-0.05, 0) is 36.4 Å². The van der Waals surface area contributed by atoms with E-state index in [2.05, 4.69) is 5.32 Å². The van der Waals surface area contributed by atoms with Crippen LogP contribution in [0.2, 0.25) is 0 Å². The molecule has 0 radical (unpaired) electrons. The van der Waals surface area contributed by atoms with Crippen molar-refractivity contribution in [2.45, 2.75) is 4.90 Å². The van der Waals surface area contributed by atoms with E-state index in [0.717, 1.165) is 6.26 Å². The summed E-state index contributed by atoms with van der Waals surface area (Å²) in [5, 5.41) is 11.2. The maximum atomic E-state index is 11.9. The molecule has 0 atom stereocenters. The molecule has 6 nitrogen and oxygen atoms in total. The molecular formula is C16H14N2O4S. The van der Waals surface area contributed by atoms with Gasteiger partial charge >= 0.3 is 0 Å². The number of carbonyl (C=O) groups is 1. The molecule has 2 aromatic rings. The fourth-order valence-corrected chi connectivity index (χ4v) is 2.70. The van der Waals surface area contributed by atoms with Gasteiger partial charge in [0, 0.05) is 6.26 Å². The van der Waals surface area contributed by atoms with Crippen LogP contribution in [-0.4, -0.2) is 27.2 Å². The molecule has 118 valence electrons. The van der Waals surface area contributed by atoms with Crippen molar-refractivity contribution < 1.29 is 17.9 Å². The van der Waals surface area contributed by atoms with E-state index < -0.39 is 15.7 Å². The molecule has 0 fully saturated rings. The van der Waals surface area contributed by atoms with Crippen LogP contribution in [0.5, 0.6) is 5.75 Å². The summed E-state index contributed by atoms with van der Waals surface area (Å²) in [7, 11) is -3.44. The molecule has 0 saturated heterocycles. The highest BCUT2D eigenvalue weighted by atomic mass is 32.2. The van der Waals surface area contributed by atoms with Gasteiger partial charge in [0.25, 0.3) is 5.91 Å². The lowest BCUT2D eigenvalue weighted by molar-refractivity contribution is -0.118. The number of anilines is 1. The van der Waals surface area contributed by atoms with Crippen LogP contribution in [-0.2, 0) is 14.6 Å². The molecule has 0 aliphatic carbocycles. The Kier molecular flexibility index (Phi) is 4.98. The molecule has 0 bridgehead atoms. The van der Waals surface area contributed by atoms with E-state index in [1.54, 1.807) is 36.4 Å². The van der Waals surface area contributed by atoms with Crippen LogP contribution in [0, 0.1) is 11.3 Å². The van der Waals surface area contributed by atoms with Gasteiger partial charge in [-0.25, -0.2) is 8.42 Å². The lowest BCUT2D eigenvalue weighted by Gasteiger charge is -2.10. The van der Waals surface area contributed by atoms with Crippen LogP contribution in [0.4, 0.5) is 5.69 Å². The zero-order valence-corrected chi connectivity index (χ0v) is 13.1. The molecule has 2 rings (SSSR count). The van der Waals surface area contributed by atoms with Gasteiger partial charge in [-0.1, -0.05) is 12.1 Å². The van der Waals surface area contributed by atoms with Crippen LogP contribution in [0.3, 0.4) is 0 Å². The third kappa shape index (κ3) is 4.56. The number of nitriles is 1. The maximum Gasteiger partial charge on any atom is 0.262 e.